The summed E-state index contributed by atoms with van der Waals surface area (Å²) in [7, 11) is 0. The molecule has 0 radical (unpaired) electrons. The highest BCUT2D eigenvalue weighted by Gasteiger charge is 2.12. The SMILES string of the molecule is Fc1cc2[nH]c(=S)n(-c3cc(Br)ccc3Cl)c2cc1Br. The van der Waals surface area contributed by atoms with Gasteiger partial charge in [0.25, 0.3) is 0 Å². The number of hydrogen-bond acceptors (Lipinski definition) is 1. The van der Waals surface area contributed by atoms with Gasteiger partial charge in [0.05, 0.1) is 26.2 Å². The molecule has 0 fully saturated rings. The van der Waals surface area contributed by atoms with Crippen molar-refractivity contribution in [3.8, 4) is 5.69 Å². The highest BCUT2D eigenvalue weighted by atomic mass is 79.9. The number of benzene rings is 2. The van der Waals surface area contributed by atoms with Gasteiger partial charge in [0, 0.05) is 10.5 Å². The fourth-order valence-corrected chi connectivity index (χ4v) is 3.19. The van der Waals surface area contributed by atoms with Crippen LogP contribution in [0.5, 0.6) is 0 Å². The largest absolute Gasteiger partial charge is 0.330 e. The highest BCUT2D eigenvalue weighted by molar-refractivity contribution is 9.10. The molecule has 7 heteroatoms. The molecule has 2 nitrogen and oxygen atoms in total. The van der Waals surface area contributed by atoms with Gasteiger partial charge in [-0.15, -0.1) is 0 Å². The Morgan fingerprint density at radius 1 is 1.20 bits per heavy atom. The van der Waals surface area contributed by atoms with Gasteiger partial charge in [0.15, 0.2) is 4.77 Å². The summed E-state index contributed by atoms with van der Waals surface area (Å²) in [5.41, 5.74) is 2.10. The van der Waals surface area contributed by atoms with E-state index in [1.807, 2.05) is 12.1 Å². The minimum Gasteiger partial charge on any atom is -0.330 e. The number of aromatic amines is 1. The fourth-order valence-electron chi connectivity index (χ4n) is 2.00. The predicted molar refractivity (Wildman–Crippen MR) is 88.8 cm³/mol. The van der Waals surface area contributed by atoms with Crippen LogP contribution in [0.3, 0.4) is 0 Å². The van der Waals surface area contributed by atoms with E-state index in [0.29, 0.717) is 19.8 Å². The molecule has 1 aromatic heterocycles. The van der Waals surface area contributed by atoms with E-state index in [1.165, 1.54) is 6.07 Å². The highest BCUT2D eigenvalue weighted by Crippen LogP contribution is 2.30. The Balaban J connectivity index is 2.42. The zero-order valence-corrected chi connectivity index (χ0v) is 14.5. The molecule has 20 heavy (non-hydrogen) atoms. The average molecular weight is 437 g/mol. The fraction of sp³-hybridized carbons (Fsp3) is 0. The number of fused-ring (bicyclic) bond motifs is 1. The summed E-state index contributed by atoms with van der Waals surface area (Å²) in [6, 6.07) is 8.56. The van der Waals surface area contributed by atoms with Crippen LogP contribution in [-0.2, 0) is 0 Å². The van der Waals surface area contributed by atoms with Crippen molar-refractivity contribution >= 4 is 66.7 Å². The first-order chi connectivity index (χ1) is 9.47. The van der Waals surface area contributed by atoms with Crippen LogP contribution >= 0.6 is 55.7 Å². The summed E-state index contributed by atoms with van der Waals surface area (Å²) in [5, 5.41) is 0.561. The maximum atomic E-state index is 13.6. The van der Waals surface area contributed by atoms with Crippen molar-refractivity contribution in [2.45, 2.75) is 0 Å². The number of rotatable bonds is 1. The molecule has 0 aliphatic rings. The van der Waals surface area contributed by atoms with E-state index in [9.17, 15) is 4.39 Å². The quantitative estimate of drug-likeness (QED) is 0.464. The summed E-state index contributed by atoms with van der Waals surface area (Å²) >= 11 is 18.2. The van der Waals surface area contributed by atoms with E-state index in [0.717, 1.165) is 15.7 Å². The third-order valence-corrected chi connectivity index (χ3v) is 4.58. The van der Waals surface area contributed by atoms with Gasteiger partial charge in [-0.2, -0.15) is 0 Å². The third-order valence-electron chi connectivity index (χ3n) is 2.87. The van der Waals surface area contributed by atoms with Crippen LogP contribution in [0.15, 0.2) is 39.3 Å². The molecule has 2 aromatic carbocycles. The van der Waals surface area contributed by atoms with Gasteiger partial charge in [-0.3, -0.25) is 4.57 Å². The van der Waals surface area contributed by atoms with Crippen molar-refractivity contribution in [2.75, 3.05) is 0 Å². The maximum Gasteiger partial charge on any atom is 0.182 e. The second-order valence-electron chi connectivity index (χ2n) is 4.14. The monoisotopic (exact) mass is 434 g/mol. The van der Waals surface area contributed by atoms with E-state index < -0.39 is 0 Å². The lowest BCUT2D eigenvalue weighted by atomic mass is 10.2. The van der Waals surface area contributed by atoms with Crippen molar-refractivity contribution in [1.29, 1.82) is 0 Å². The molecule has 1 N–H and O–H groups in total. The molecular formula is C13H6Br2ClFN2S. The van der Waals surface area contributed by atoms with Gasteiger partial charge in [-0.1, -0.05) is 27.5 Å². The summed E-state index contributed by atoms with van der Waals surface area (Å²) in [6.07, 6.45) is 0. The Labute approximate surface area is 140 Å². The second kappa shape index (κ2) is 5.26. The van der Waals surface area contributed by atoms with E-state index in [2.05, 4.69) is 36.8 Å². The van der Waals surface area contributed by atoms with Crippen LogP contribution in [0.1, 0.15) is 0 Å². The van der Waals surface area contributed by atoms with Gasteiger partial charge in [0.1, 0.15) is 5.82 Å². The summed E-state index contributed by atoms with van der Waals surface area (Å²) in [6.45, 7) is 0. The molecule has 102 valence electrons. The molecule has 0 amide bonds. The van der Waals surface area contributed by atoms with Gasteiger partial charge in [-0.25, -0.2) is 4.39 Å². The number of nitrogens with one attached hydrogen (secondary N) is 1. The Hall–Kier alpha value is -0.690. The Morgan fingerprint density at radius 2 is 1.95 bits per heavy atom. The average Bonchev–Trinajstić information content (AvgIpc) is 2.69. The smallest absolute Gasteiger partial charge is 0.182 e. The Kier molecular flexibility index (Phi) is 3.75. The van der Waals surface area contributed by atoms with Gasteiger partial charge in [-0.05, 0) is 52.4 Å². The van der Waals surface area contributed by atoms with Crippen molar-refractivity contribution in [1.82, 2.24) is 9.55 Å². The van der Waals surface area contributed by atoms with E-state index in [-0.39, 0.29) is 5.82 Å². The summed E-state index contributed by atoms with van der Waals surface area (Å²) in [4.78, 5) is 2.98. The van der Waals surface area contributed by atoms with Crippen molar-refractivity contribution < 1.29 is 4.39 Å². The van der Waals surface area contributed by atoms with Crippen molar-refractivity contribution in [3.63, 3.8) is 0 Å². The first-order valence-corrected chi connectivity index (χ1v) is 7.90. The lowest BCUT2D eigenvalue weighted by molar-refractivity contribution is 0.623. The number of nitrogens with zero attached hydrogens (tertiary/aromatic N) is 1. The maximum absolute atomic E-state index is 13.6. The van der Waals surface area contributed by atoms with Crippen molar-refractivity contribution in [2.24, 2.45) is 0 Å². The summed E-state index contributed by atoms with van der Waals surface area (Å²) in [5.74, 6) is -0.346. The minimum atomic E-state index is -0.346. The number of hydrogen-bond donors (Lipinski definition) is 1. The van der Waals surface area contributed by atoms with E-state index in [1.54, 1.807) is 16.7 Å². The standard InChI is InChI=1S/C13H6Br2ClFN2S/c14-6-1-2-8(16)11(3-6)19-12-4-7(15)9(17)5-10(12)18-13(19)20/h1-5H,(H,18,20). The zero-order chi connectivity index (χ0) is 14.4. The van der Waals surface area contributed by atoms with Crippen molar-refractivity contribution in [3.05, 3.63) is 54.9 Å². The number of halogens is 4. The lowest BCUT2D eigenvalue weighted by Gasteiger charge is -2.08. The molecular weight excluding hydrogens is 430 g/mol. The molecule has 0 bridgehead atoms. The van der Waals surface area contributed by atoms with Crippen LogP contribution in [0.4, 0.5) is 4.39 Å². The van der Waals surface area contributed by atoms with Gasteiger partial charge < -0.3 is 4.98 Å². The molecule has 0 unspecified atom stereocenters. The number of imidazole rings is 1. The molecule has 0 aliphatic carbocycles. The number of H-pyrrole nitrogens is 1. The van der Waals surface area contributed by atoms with Gasteiger partial charge >= 0.3 is 0 Å². The second-order valence-corrected chi connectivity index (χ2v) is 6.71. The molecule has 0 atom stereocenters. The molecule has 1 heterocycles. The van der Waals surface area contributed by atoms with Crippen LogP contribution in [0, 0.1) is 10.6 Å². The predicted octanol–water partition coefficient (Wildman–Crippen LogP) is 6.01. The minimum absolute atomic E-state index is 0.346. The van der Waals surface area contributed by atoms with Crippen LogP contribution in [0.2, 0.25) is 5.02 Å². The molecule has 0 saturated carbocycles. The third kappa shape index (κ3) is 2.35. The van der Waals surface area contributed by atoms with Crippen LogP contribution in [-0.4, -0.2) is 9.55 Å². The Morgan fingerprint density at radius 3 is 2.70 bits per heavy atom. The molecule has 0 spiro atoms. The Bertz CT molecular complexity index is 888. The van der Waals surface area contributed by atoms with Crippen LogP contribution < -0.4 is 0 Å². The normalized spacial score (nSPS) is 11.2. The van der Waals surface area contributed by atoms with E-state index >= 15 is 0 Å². The molecule has 0 saturated heterocycles. The topological polar surface area (TPSA) is 20.7 Å². The molecule has 3 aromatic rings. The summed E-state index contributed by atoms with van der Waals surface area (Å²) < 4.78 is 17.1. The van der Waals surface area contributed by atoms with Crippen LogP contribution in [0.25, 0.3) is 16.7 Å². The number of aromatic nitrogens is 2. The van der Waals surface area contributed by atoms with Gasteiger partial charge in [0.2, 0.25) is 0 Å². The lowest BCUT2D eigenvalue weighted by Crippen LogP contribution is -1.95. The first-order valence-electron chi connectivity index (χ1n) is 5.52. The van der Waals surface area contributed by atoms with E-state index in [4.69, 9.17) is 23.8 Å². The molecule has 3 rings (SSSR count). The molecule has 0 aliphatic heterocycles. The zero-order valence-electron chi connectivity index (χ0n) is 9.75. The first kappa shape index (κ1) is 14.3.